The minimum Gasteiger partial charge on any atom is -0.368 e. The fraction of sp³-hybridized carbons (Fsp3) is 0.370. The van der Waals surface area contributed by atoms with E-state index in [1.807, 2.05) is 49.2 Å². The van der Waals surface area contributed by atoms with Crippen LogP contribution in [0.4, 0.5) is 15.8 Å². The summed E-state index contributed by atoms with van der Waals surface area (Å²) in [6, 6.07) is 9.52. The predicted molar refractivity (Wildman–Crippen MR) is 139 cm³/mol. The highest BCUT2D eigenvalue weighted by Gasteiger charge is 2.43. The van der Waals surface area contributed by atoms with Crippen molar-refractivity contribution in [1.82, 2.24) is 24.7 Å². The van der Waals surface area contributed by atoms with E-state index in [-0.39, 0.29) is 23.8 Å². The first-order valence-electron chi connectivity index (χ1n) is 12.7. The Balaban J connectivity index is 1.23. The molecule has 1 saturated carbocycles. The molecule has 0 spiro atoms. The van der Waals surface area contributed by atoms with Gasteiger partial charge in [0.2, 0.25) is 17.6 Å². The average Bonchev–Trinajstić information content (AvgIpc) is 3.28. The molecule has 0 radical (unpaired) electrons. The summed E-state index contributed by atoms with van der Waals surface area (Å²) in [5.74, 6) is 0.131. The zero-order valence-electron chi connectivity index (χ0n) is 21.4. The Morgan fingerprint density at radius 2 is 2.00 bits per heavy atom. The van der Waals surface area contributed by atoms with Gasteiger partial charge in [-0.3, -0.25) is 9.59 Å². The number of carbonyl (C=O) groups is 2. The maximum Gasteiger partial charge on any atom is 0.259 e. The molecule has 1 aliphatic carbocycles. The maximum absolute atomic E-state index is 13.4. The van der Waals surface area contributed by atoms with E-state index in [1.165, 1.54) is 0 Å². The van der Waals surface area contributed by atoms with Crippen LogP contribution in [0.25, 0.3) is 16.9 Å². The fourth-order valence-electron chi connectivity index (χ4n) is 5.01. The molecule has 6 rings (SSSR count). The number of amides is 2. The van der Waals surface area contributed by atoms with Crippen LogP contribution in [-0.2, 0) is 4.79 Å². The lowest BCUT2D eigenvalue weighted by Gasteiger charge is -2.40. The Hall–Kier alpha value is -4.28. The molecule has 3 atom stereocenters. The summed E-state index contributed by atoms with van der Waals surface area (Å²) in [5, 5.41) is 11.3. The molecule has 11 heteroatoms. The summed E-state index contributed by atoms with van der Waals surface area (Å²) in [4.78, 5) is 33.7. The first-order valence-corrected chi connectivity index (χ1v) is 12.7. The van der Waals surface area contributed by atoms with Gasteiger partial charge in [-0.15, -0.1) is 0 Å². The first-order chi connectivity index (χ1) is 18.3. The number of benzene rings is 1. The van der Waals surface area contributed by atoms with Crippen molar-refractivity contribution in [2.75, 3.05) is 29.9 Å². The summed E-state index contributed by atoms with van der Waals surface area (Å²) in [5.41, 5.74) is 4.24. The summed E-state index contributed by atoms with van der Waals surface area (Å²) < 4.78 is 20.3. The third-order valence-corrected chi connectivity index (χ3v) is 7.36. The Bertz CT molecular complexity index is 1550. The number of hydrogen-bond donors (Lipinski definition) is 1. The maximum atomic E-state index is 13.4. The molecule has 1 N–H and O–H groups in total. The second-order valence-corrected chi connectivity index (χ2v) is 10.1. The van der Waals surface area contributed by atoms with Crippen LogP contribution in [0.1, 0.15) is 48.0 Å². The van der Waals surface area contributed by atoms with Gasteiger partial charge in [0.25, 0.3) is 5.91 Å². The smallest absolute Gasteiger partial charge is 0.259 e. The number of halogens is 1. The first kappa shape index (κ1) is 24.1. The highest BCUT2D eigenvalue weighted by atomic mass is 19.1. The van der Waals surface area contributed by atoms with E-state index in [0.717, 1.165) is 11.3 Å². The van der Waals surface area contributed by atoms with E-state index < -0.39 is 6.17 Å². The average molecular weight is 518 g/mol. The van der Waals surface area contributed by atoms with Crippen LogP contribution in [0, 0.1) is 6.92 Å². The molecule has 10 nitrogen and oxygen atoms in total. The molecule has 2 amide bonds. The quantitative estimate of drug-likeness (QED) is 0.429. The zero-order chi connectivity index (χ0) is 26.6. The van der Waals surface area contributed by atoms with E-state index >= 15 is 0 Å². The number of anilines is 2. The summed E-state index contributed by atoms with van der Waals surface area (Å²) in [6.45, 7) is 7.62. The standard InChI is InChI=1S/C27H28FN7O3/c1-15-4-5-18(25-31-27(38-32-25)20-12-22(20)28)10-23(15)30-26(37)21-13-29-35-7-6-19(11-24(21)35)33-8-9-34(17(3)36)16(2)14-33/h4-7,10-11,13,16,20,22H,8-9,12,14H2,1-3H3,(H,30,37)/t16-,20+,22+/m1/s1. The lowest BCUT2D eigenvalue weighted by Crippen LogP contribution is -2.53. The van der Waals surface area contributed by atoms with Crippen molar-refractivity contribution in [2.45, 2.75) is 45.3 Å². The molecule has 1 saturated heterocycles. The Labute approximate surface area is 218 Å². The lowest BCUT2D eigenvalue weighted by molar-refractivity contribution is -0.131. The van der Waals surface area contributed by atoms with Gasteiger partial charge in [0.1, 0.15) is 6.17 Å². The van der Waals surface area contributed by atoms with Crippen molar-refractivity contribution in [3.63, 3.8) is 0 Å². The molecule has 0 bridgehead atoms. The Kier molecular flexibility index (Phi) is 5.85. The normalized spacial score (nSPS) is 21.1. The van der Waals surface area contributed by atoms with E-state index in [0.29, 0.717) is 60.1 Å². The van der Waals surface area contributed by atoms with Crippen molar-refractivity contribution >= 4 is 28.7 Å². The molecule has 2 aliphatic rings. The van der Waals surface area contributed by atoms with Gasteiger partial charge in [-0.2, -0.15) is 10.1 Å². The van der Waals surface area contributed by atoms with Crippen molar-refractivity contribution in [3.05, 3.63) is 59.7 Å². The SMILES string of the molecule is CC(=O)N1CCN(c2ccn3ncc(C(=O)Nc4cc(-c5noc([C@H]6C[C@@H]6F)n5)ccc4C)c3c2)C[C@H]1C. The number of alkyl halides is 1. The summed E-state index contributed by atoms with van der Waals surface area (Å²) in [7, 11) is 0. The topological polar surface area (TPSA) is 109 Å². The van der Waals surface area contributed by atoms with E-state index in [1.54, 1.807) is 23.7 Å². The molecule has 3 aromatic heterocycles. The molecule has 0 unspecified atom stereocenters. The highest BCUT2D eigenvalue weighted by Crippen LogP contribution is 2.43. The Morgan fingerprint density at radius 3 is 2.74 bits per heavy atom. The molecule has 2 fully saturated rings. The summed E-state index contributed by atoms with van der Waals surface area (Å²) in [6.07, 6.45) is 2.88. The number of nitrogens with zero attached hydrogens (tertiary/aromatic N) is 6. The predicted octanol–water partition coefficient (Wildman–Crippen LogP) is 3.83. The lowest BCUT2D eigenvalue weighted by atomic mass is 10.1. The van der Waals surface area contributed by atoms with E-state index in [4.69, 9.17) is 4.52 Å². The van der Waals surface area contributed by atoms with Crippen molar-refractivity contribution in [2.24, 2.45) is 0 Å². The number of piperazine rings is 1. The molecule has 1 aliphatic heterocycles. The number of rotatable bonds is 5. The number of aromatic nitrogens is 4. The molecular formula is C27H28FN7O3. The Morgan fingerprint density at radius 1 is 1.18 bits per heavy atom. The molecule has 4 aromatic rings. The van der Waals surface area contributed by atoms with Crippen LogP contribution in [0.2, 0.25) is 0 Å². The minimum atomic E-state index is -0.920. The summed E-state index contributed by atoms with van der Waals surface area (Å²) >= 11 is 0. The minimum absolute atomic E-state index is 0.0813. The number of carbonyl (C=O) groups excluding carboxylic acids is 2. The van der Waals surface area contributed by atoms with Crippen molar-refractivity contribution in [1.29, 1.82) is 0 Å². The van der Waals surface area contributed by atoms with Gasteiger partial charge in [-0.25, -0.2) is 8.91 Å². The monoisotopic (exact) mass is 517 g/mol. The second-order valence-electron chi connectivity index (χ2n) is 10.1. The van der Waals surface area contributed by atoms with Gasteiger partial charge in [-0.1, -0.05) is 17.3 Å². The number of pyridine rings is 1. The van der Waals surface area contributed by atoms with Gasteiger partial charge in [0.15, 0.2) is 0 Å². The largest absolute Gasteiger partial charge is 0.368 e. The number of nitrogens with one attached hydrogen (secondary N) is 1. The van der Waals surface area contributed by atoms with Gasteiger partial charge in [-0.05, 0) is 44.0 Å². The van der Waals surface area contributed by atoms with Gasteiger partial charge < -0.3 is 19.6 Å². The fourth-order valence-corrected chi connectivity index (χ4v) is 5.01. The van der Waals surface area contributed by atoms with E-state index in [2.05, 4.69) is 25.5 Å². The molecule has 1 aromatic carbocycles. The molecule has 196 valence electrons. The second kappa shape index (κ2) is 9.23. The van der Waals surface area contributed by atoms with Crippen LogP contribution >= 0.6 is 0 Å². The van der Waals surface area contributed by atoms with Crippen molar-refractivity contribution in [3.8, 4) is 11.4 Å². The molecule has 4 heterocycles. The van der Waals surface area contributed by atoms with Gasteiger partial charge in [0.05, 0.1) is 23.2 Å². The zero-order valence-corrected chi connectivity index (χ0v) is 21.4. The van der Waals surface area contributed by atoms with Gasteiger partial charge in [0, 0.05) is 55.7 Å². The molecular weight excluding hydrogens is 489 g/mol. The van der Waals surface area contributed by atoms with Gasteiger partial charge >= 0.3 is 0 Å². The van der Waals surface area contributed by atoms with Crippen LogP contribution in [0.5, 0.6) is 0 Å². The number of aryl methyl sites for hydroxylation is 1. The highest BCUT2D eigenvalue weighted by molar-refractivity contribution is 6.09. The van der Waals surface area contributed by atoms with Crippen LogP contribution < -0.4 is 10.2 Å². The van der Waals surface area contributed by atoms with Crippen LogP contribution in [-0.4, -0.2) is 68.3 Å². The van der Waals surface area contributed by atoms with Crippen LogP contribution in [0.15, 0.2) is 47.2 Å². The third kappa shape index (κ3) is 4.37. The molecule has 38 heavy (non-hydrogen) atoms. The number of fused-ring (bicyclic) bond motifs is 1. The third-order valence-electron chi connectivity index (χ3n) is 7.36. The van der Waals surface area contributed by atoms with E-state index in [9.17, 15) is 14.0 Å². The number of hydrogen-bond acceptors (Lipinski definition) is 7. The van der Waals surface area contributed by atoms with Crippen LogP contribution in [0.3, 0.4) is 0 Å². The van der Waals surface area contributed by atoms with Crippen molar-refractivity contribution < 1.29 is 18.5 Å².